The minimum absolute atomic E-state index is 0.0948. The highest BCUT2D eigenvalue weighted by Crippen LogP contribution is 2.37. The normalized spacial score (nSPS) is 13.9. The second-order valence-corrected chi connectivity index (χ2v) is 4.68. The maximum atomic E-state index is 12.2. The predicted molar refractivity (Wildman–Crippen MR) is 71.0 cm³/mol. The molecule has 0 atom stereocenters. The Morgan fingerprint density at radius 1 is 1.22 bits per heavy atom. The first-order valence-corrected chi connectivity index (χ1v) is 6.01. The SMILES string of the molecule is Cc1cc(C)c2c(c1)CC(=O)N2c1ccccn1. The van der Waals surface area contributed by atoms with Gasteiger partial charge in [0.25, 0.3) is 0 Å². The monoisotopic (exact) mass is 238 g/mol. The van der Waals surface area contributed by atoms with Crippen LogP contribution in [-0.2, 0) is 11.2 Å². The van der Waals surface area contributed by atoms with E-state index in [2.05, 4.69) is 24.0 Å². The molecule has 1 aromatic heterocycles. The van der Waals surface area contributed by atoms with E-state index in [1.54, 1.807) is 11.1 Å². The van der Waals surface area contributed by atoms with E-state index in [4.69, 9.17) is 0 Å². The van der Waals surface area contributed by atoms with Gasteiger partial charge in [-0.2, -0.15) is 0 Å². The molecule has 0 aliphatic carbocycles. The topological polar surface area (TPSA) is 33.2 Å². The molecular weight excluding hydrogens is 224 g/mol. The van der Waals surface area contributed by atoms with E-state index in [1.165, 1.54) is 5.56 Å². The summed E-state index contributed by atoms with van der Waals surface area (Å²) in [6, 6.07) is 9.81. The standard InChI is InChI=1S/C15H14N2O/c1-10-7-11(2)15-12(8-10)9-14(18)17(15)13-5-3-4-6-16-13/h3-8H,9H2,1-2H3. The van der Waals surface area contributed by atoms with Gasteiger partial charge in [0.15, 0.2) is 0 Å². The molecule has 18 heavy (non-hydrogen) atoms. The number of hydrogen-bond acceptors (Lipinski definition) is 2. The maximum absolute atomic E-state index is 12.2. The molecule has 0 radical (unpaired) electrons. The van der Waals surface area contributed by atoms with Gasteiger partial charge in [-0.05, 0) is 37.1 Å². The van der Waals surface area contributed by atoms with Crippen LogP contribution in [0.25, 0.3) is 0 Å². The van der Waals surface area contributed by atoms with E-state index in [1.807, 2.05) is 25.1 Å². The molecule has 2 aromatic rings. The van der Waals surface area contributed by atoms with Crippen molar-refractivity contribution in [1.82, 2.24) is 4.98 Å². The van der Waals surface area contributed by atoms with E-state index in [0.717, 1.165) is 16.8 Å². The molecule has 0 unspecified atom stereocenters. The van der Waals surface area contributed by atoms with Crippen LogP contribution >= 0.6 is 0 Å². The van der Waals surface area contributed by atoms with Gasteiger partial charge < -0.3 is 0 Å². The minimum Gasteiger partial charge on any atom is -0.274 e. The van der Waals surface area contributed by atoms with E-state index in [0.29, 0.717) is 12.2 Å². The van der Waals surface area contributed by atoms with Crippen LogP contribution in [0.5, 0.6) is 0 Å². The number of fused-ring (bicyclic) bond motifs is 1. The number of carbonyl (C=O) groups excluding carboxylic acids is 1. The van der Waals surface area contributed by atoms with Crippen LogP contribution in [0.3, 0.4) is 0 Å². The van der Waals surface area contributed by atoms with Crippen LogP contribution < -0.4 is 4.90 Å². The van der Waals surface area contributed by atoms with E-state index in [-0.39, 0.29) is 5.91 Å². The van der Waals surface area contributed by atoms with Crippen molar-refractivity contribution in [2.45, 2.75) is 20.3 Å². The molecule has 1 aliphatic heterocycles. The summed E-state index contributed by atoms with van der Waals surface area (Å²) in [7, 11) is 0. The van der Waals surface area contributed by atoms with Crippen LogP contribution in [0.15, 0.2) is 36.5 Å². The minimum atomic E-state index is 0.0948. The highest BCUT2D eigenvalue weighted by Gasteiger charge is 2.30. The highest BCUT2D eigenvalue weighted by atomic mass is 16.2. The fourth-order valence-corrected chi connectivity index (χ4v) is 2.60. The molecule has 1 aromatic carbocycles. The van der Waals surface area contributed by atoms with Gasteiger partial charge in [0, 0.05) is 6.20 Å². The summed E-state index contributed by atoms with van der Waals surface area (Å²) in [6.45, 7) is 4.10. The Bertz CT molecular complexity index is 620. The van der Waals surface area contributed by atoms with Crippen molar-refractivity contribution in [2.75, 3.05) is 4.90 Å². The second kappa shape index (κ2) is 3.95. The van der Waals surface area contributed by atoms with Crippen molar-refractivity contribution in [3.05, 3.63) is 53.2 Å². The molecule has 0 bridgehead atoms. The summed E-state index contributed by atoms with van der Waals surface area (Å²) in [6.07, 6.45) is 2.18. The zero-order chi connectivity index (χ0) is 12.7. The Morgan fingerprint density at radius 3 is 2.78 bits per heavy atom. The lowest BCUT2D eigenvalue weighted by Crippen LogP contribution is -2.22. The van der Waals surface area contributed by atoms with Crippen molar-refractivity contribution in [1.29, 1.82) is 0 Å². The number of aryl methyl sites for hydroxylation is 2. The number of anilines is 2. The maximum Gasteiger partial charge on any atom is 0.237 e. The van der Waals surface area contributed by atoms with Gasteiger partial charge >= 0.3 is 0 Å². The van der Waals surface area contributed by atoms with Crippen LogP contribution in [0, 0.1) is 13.8 Å². The predicted octanol–water partition coefficient (Wildman–Crippen LogP) is 2.92. The summed E-state index contributed by atoms with van der Waals surface area (Å²) in [5.74, 6) is 0.797. The number of carbonyl (C=O) groups is 1. The largest absolute Gasteiger partial charge is 0.274 e. The van der Waals surface area contributed by atoms with Crippen LogP contribution in [-0.4, -0.2) is 10.9 Å². The Hall–Kier alpha value is -2.16. The number of rotatable bonds is 1. The third-order valence-corrected chi connectivity index (χ3v) is 3.22. The van der Waals surface area contributed by atoms with E-state index < -0.39 is 0 Å². The summed E-state index contributed by atoms with van der Waals surface area (Å²) in [5.41, 5.74) is 4.43. The molecule has 3 nitrogen and oxygen atoms in total. The lowest BCUT2D eigenvalue weighted by molar-refractivity contribution is -0.116. The molecule has 0 N–H and O–H groups in total. The first-order valence-electron chi connectivity index (χ1n) is 6.01. The Morgan fingerprint density at radius 2 is 2.06 bits per heavy atom. The number of nitrogens with zero attached hydrogens (tertiary/aromatic N) is 2. The van der Waals surface area contributed by atoms with Crippen molar-refractivity contribution in [3.8, 4) is 0 Å². The fourth-order valence-electron chi connectivity index (χ4n) is 2.60. The first kappa shape index (κ1) is 11.0. The van der Waals surface area contributed by atoms with Crippen molar-refractivity contribution in [2.24, 2.45) is 0 Å². The first-order chi connectivity index (χ1) is 8.66. The second-order valence-electron chi connectivity index (χ2n) is 4.68. The van der Waals surface area contributed by atoms with Crippen LogP contribution in [0.2, 0.25) is 0 Å². The summed E-state index contributed by atoms with van der Waals surface area (Å²) in [4.78, 5) is 18.2. The molecule has 0 saturated heterocycles. The smallest absolute Gasteiger partial charge is 0.237 e. The van der Waals surface area contributed by atoms with Crippen molar-refractivity contribution >= 4 is 17.4 Å². The summed E-state index contributed by atoms with van der Waals surface area (Å²) >= 11 is 0. The van der Waals surface area contributed by atoms with E-state index >= 15 is 0 Å². The fraction of sp³-hybridized carbons (Fsp3) is 0.200. The lowest BCUT2D eigenvalue weighted by atomic mass is 10.0. The van der Waals surface area contributed by atoms with Gasteiger partial charge in [-0.15, -0.1) is 0 Å². The van der Waals surface area contributed by atoms with Crippen LogP contribution in [0.1, 0.15) is 16.7 Å². The number of aromatic nitrogens is 1. The summed E-state index contributed by atoms with van der Waals surface area (Å²) < 4.78 is 0. The van der Waals surface area contributed by atoms with Gasteiger partial charge in [-0.1, -0.05) is 23.8 Å². The molecule has 1 aliphatic rings. The number of amides is 1. The lowest BCUT2D eigenvalue weighted by Gasteiger charge is -2.18. The molecular formula is C15H14N2O. The Balaban J connectivity index is 2.18. The number of benzene rings is 1. The van der Waals surface area contributed by atoms with Crippen molar-refractivity contribution in [3.63, 3.8) is 0 Å². The average Bonchev–Trinajstić information content (AvgIpc) is 2.66. The zero-order valence-corrected chi connectivity index (χ0v) is 10.5. The number of pyridine rings is 1. The van der Waals surface area contributed by atoms with Gasteiger partial charge in [0.2, 0.25) is 5.91 Å². The Kier molecular flexibility index (Phi) is 2.40. The van der Waals surface area contributed by atoms with E-state index in [9.17, 15) is 4.79 Å². The highest BCUT2D eigenvalue weighted by molar-refractivity contribution is 6.07. The van der Waals surface area contributed by atoms with Gasteiger partial charge in [-0.3, -0.25) is 9.69 Å². The van der Waals surface area contributed by atoms with Gasteiger partial charge in [0.05, 0.1) is 12.1 Å². The van der Waals surface area contributed by atoms with Gasteiger partial charge in [-0.25, -0.2) is 4.98 Å². The third kappa shape index (κ3) is 1.59. The number of hydrogen-bond donors (Lipinski definition) is 0. The molecule has 0 spiro atoms. The Labute approximate surface area is 106 Å². The molecule has 90 valence electrons. The molecule has 1 amide bonds. The summed E-state index contributed by atoms with van der Waals surface area (Å²) in [5, 5.41) is 0. The van der Waals surface area contributed by atoms with Crippen LogP contribution in [0.4, 0.5) is 11.5 Å². The molecule has 0 fully saturated rings. The average molecular weight is 238 g/mol. The molecule has 3 heteroatoms. The third-order valence-electron chi connectivity index (χ3n) is 3.22. The quantitative estimate of drug-likeness (QED) is 0.765. The zero-order valence-electron chi connectivity index (χ0n) is 10.5. The van der Waals surface area contributed by atoms with Gasteiger partial charge in [0.1, 0.15) is 5.82 Å². The molecule has 3 rings (SSSR count). The van der Waals surface area contributed by atoms with Crippen molar-refractivity contribution < 1.29 is 4.79 Å². The molecule has 0 saturated carbocycles. The molecule has 2 heterocycles.